The molecule has 0 aliphatic carbocycles. The summed E-state index contributed by atoms with van der Waals surface area (Å²) in [4.78, 5) is 11.7. The van der Waals surface area contributed by atoms with Crippen molar-refractivity contribution in [3.8, 4) is 50.8 Å². The van der Waals surface area contributed by atoms with Gasteiger partial charge in [0.05, 0.1) is 22.1 Å². The van der Waals surface area contributed by atoms with Gasteiger partial charge in [0.25, 0.3) is 0 Å². The third-order valence-corrected chi connectivity index (χ3v) is 10.9. The van der Waals surface area contributed by atoms with Gasteiger partial charge in [-0.25, -0.2) is 4.79 Å². The van der Waals surface area contributed by atoms with Crippen LogP contribution in [0.2, 0.25) is 0 Å². The van der Waals surface area contributed by atoms with E-state index in [1.807, 2.05) is 54.6 Å². The molecule has 2 heterocycles. The fourth-order valence-corrected chi connectivity index (χ4v) is 8.20. The van der Waals surface area contributed by atoms with Gasteiger partial charge >= 0.3 is 5.97 Å². The molecule has 5 nitrogen and oxygen atoms in total. The summed E-state index contributed by atoms with van der Waals surface area (Å²) >= 11 is 0. The molecule has 0 bridgehead atoms. The fourth-order valence-electron chi connectivity index (χ4n) is 8.20. The standard InChI is InChI=1S/C52H33N3O2/c53-33-41(52(56)57)28-34-16-24-48-44(29-34)45-30-38(35-10-4-1-5-11-35)17-25-49(45)54(48)42-20-22-43(23-21-42)55-50-26-18-39(36-12-6-2-7-13-36)31-46(50)47-32-40(19-27-51(47)55)37-14-8-3-9-15-37/h1-32H,(H,56,57)/b41-28+. The van der Waals surface area contributed by atoms with Gasteiger partial charge in [-0.15, -0.1) is 0 Å². The first-order valence-electron chi connectivity index (χ1n) is 18.8. The van der Waals surface area contributed by atoms with Gasteiger partial charge in [-0.2, -0.15) is 5.26 Å². The number of carboxylic acids is 1. The molecule has 1 N–H and O–H groups in total. The highest BCUT2D eigenvalue weighted by atomic mass is 16.4. The lowest BCUT2D eigenvalue weighted by molar-refractivity contribution is -0.132. The van der Waals surface area contributed by atoms with Crippen LogP contribution in [0, 0.1) is 11.3 Å². The first-order valence-corrected chi connectivity index (χ1v) is 18.8. The molecule has 10 aromatic rings. The Kier molecular flexibility index (Phi) is 8.09. The van der Waals surface area contributed by atoms with Gasteiger partial charge < -0.3 is 14.2 Å². The van der Waals surface area contributed by atoms with Crippen molar-refractivity contribution in [3.05, 3.63) is 199 Å². The smallest absolute Gasteiger partial charge is 0.346 e. The van der Waals surface area contributed by atoms with E-state index < -0.39 is 5.97 Å². The fraction of sp³-hybridized carbons (Fsp3) is 0. The van der Waals surface area contributed by atoms with E-state index in [4.69, 9.17) is 0 Å². The van der Waals surface area contributed by atoms with Crippen LogP contribution in [0.25, 0.3) is 94.4 Å². The summed E-state index contributed by atoms with van der Waals surface area (Å²) in [5.41, 5.74) is 13.6. The molecule has 0 aliphatic heterocycles. The predicted octanol–water partition coefficient (Wildman–Crippen LogP) is 12.9. The van der Waals surface area contributed by atoms with Crippen LogP contribution in [0.3, 0.4) is 0 Å². The summed E-state index contributed by atoms with van der Waals surface area (Å²) in [7, 11) is 0. The number of aromatic nitrogens is 2. The zero-order chi connectivity index (χ0) is 38.5. The van der Waals surface area contributed by atoms with E-state index in [1.165, 1.54) is 39.1 Å². The zero-order valence-electron chi connectivity index (χ0n) is 30.7. The van der Waals surface area contributed by atoms with Gasteiger partial charge in [-0.1, -0.05) is 115 Å². The molecule has 0 atom stereocenters. The molecule has 0 fully saturated rings. The van der Waals surface area contributed by atoms with E-state index in [1.54, 1.807) is 0 Å². The first-order chi connectivity index (χ1) is 28.0. The van der Waals surface area contributed by atoms with Crippen molar-refractivity contribution in [3.63, 3.8) is 0 Å². The number of hydrogen-bond donors (Lipinski definition) is 1. The number of carbonyl (C=O) groups is 1. The van der Waals surface area contributed by atoms with Crippen LogP contribution in [-0.2, 0) is 4.79 Å². The number of rotatable bonds is 7. The molecule has 8 aromatic carbocycles. The molecular formula is C52H33N3O2. The van der Waals surface area contributed by atoms with Gasteiger partial charge in [0.2, 0.25) is 0 Å². The lowest BCUT2D eigenvalue weighted by Crippen LogP contribution is -1.98. The van der Waals surface area contributed by atoms with E-state index in [0.717, 1.165) is 55.3 Å². The minimum atomic E-state index is -1.25. The molecular weight excluding hydrogens is 699 g/mol. The maximum Gasteiger partial charge on any atom is 0.346 e. The molecule has 0 unspecified atom stereocenters. The number of hydrogen-bond acceptors (Lipinski definition) is 2. The zero-order valence-corrected chi connectivity index (χ0v) is 30.7. The van der Waals surface area contributed by atoms with E-state index in [9.17, 15) is 15.2 Å². The number of fused-ring (bicyclic) bond motifs is 6. The predicted molar refractivity (Wildman–Crippen MR) is 233 cm³/mol. The Morgan fingerprint density at radius 3 is 1.14 bits per heavy atom. The Morgan fingerprint density at radius 1 is 0.439 bits per heavy atom. The summed E-state index contributed by atoms with van der Waals surface area (Å²) in [6.07, 6.45) is 1.43. The van der Waals surface area contributed by atoms with Crippen LogP contribution in [-0.4, -0.2) is 20.2 Å². The van der Waals surface area contributed by atoms with Gasteiger partial charge in [-0.05, 0) is 118 Å². The average Bonchev–Trinajstić information content (AvgIpc) is 3.77. The second-order valence-corrected chi connectivity index (χ2v) is 14.2. The summed E-state index contributed by atoms with van der Waals surface area (Å²) in [5.74, 6) is -1.25. The second kappa shape index (κ2) is 13.7. The van der Waals surface area contributed by atoms with Gasteiger partial charge in [0, 0.05) is 32.9 Å². The molecule has 0 spiro atoms. The topological polar surface area (TPSA) is 71.0 Å². The Balaban J connectivity index is 1.14. The lowest BCUT2D eigenvalue weighted by atomic mass is 10.0. The van der Waals surface area contributed by atoms with Crippen LogP contribution >= 0.6 is 0 Å². The highest BCUT2D eigenvalue weighted by Gasteiger charge is 2.18. The van der Waals surface area contributed by atoms with Crippen molar-refractivity contribution in [1.29, 1.82) is 5.26 Å². The van der Waals surface area contributed by atoms with Crippen molar-refractivity contribution in [2.24, 2.45) is 0 Å². The number of benzene rings is 8. The summed E-state index contributed by atoms with van der Waals surface area (Å²) in [5, 5.41) is 23.4. The molecule has 0 saturated carbocycles. The molecule has 10 rings (SSSR count). The van der Waals surface area contributed by atoms with E-state index in [-0.39, 0.29) is 5.57 Å². The number of carboxylic acid groups (broad SMARTS) is 1. The van der Waals surface area contributed by atoms with Crippen LogP contribution < -0.4 is 0 Å². The lowest BCUT2D eigenvalue weighted by Gasteiger charge is -2.12. The Hall–Kier alpha value is -7.94. The molecule has 0 amide bonds. The SMILES string of the molecule is N#C/C(=C\c1ccc2c(c1)c1cc(-c3ccccc3)ccc1n2-c1ccc(-n2c3ccc(-c4ccccc4)cc3c3cc(-c4ccccc4)ccc32)cc1)C(=O)O. The van der Waals surface area contributed by atoms with Crippen LogP contribution in [0.4, 0.5) is 0 Å². The molecule has 5 heteroatoms. The molecule has 268 valence electrons. The maximum absolute atomic E-state index is 11.7. The average molecular weight is 732 g/mol. The monoisotopic (exact) mass is 731 g/mol. The van der Waals surface area contributed by atoms with Crippen molar-refractivity contribution in [2.45, 2.75) is 0 Å². The quantitative estimate of drug-likeness (QED) is 0.131. The van der Waals surface area contributed by atoms with E-state index in [0.29, 0.717) is 5.56 Å². The minimum absolute atomic E-state index is 0.309. The van der Waals surface area contributed by atoms with Crippen molar-refractivity contribution in [2.75, 3.05) is 0 Å². The third-order valence-electron chi connectivity index (χ3n) is 10.9. The third kappa shape index (κ3) is 5.85. The van der Waals surface area contributed by atoms with Crippen molar-refractivity contribution < 1.29 is 9.90 Å². The van der Waals surface area contributed by atoms with Crippen LogP contribution in [0.15, 0.2) is 194 Å². The van der Waals surface area contributed by atoms with Crippen molar-refractivity contribution >= 4 is 55.7 Å². The second-order valence-electron chi connectivity index (χ2n) is 14.2. The first kappa shape index (κ1) is 33.6. The number of nitrogens with zero attached hydrogens (tertiary/aromatic N) is 3. The highest BCUT2D eigenvalue weighted by molar-refractivity contribution is 6.13. The van der Waals surface area contributed by atoms with Gasteiger partial charge in [0.1, 0.15) is 11.6 Å². The van der Waals surface area contributed by atoms with E-state index >= 15 is 0 Å². The Labute approximate surface area is 328 Å². The normalized spacial score (nSPS) is 11.7. The molecule has 2 aromatic heterocycles. The molecule has 57 heavy (non-hydrogen) atoms. The largest absolute Gasteiger partial charge is 0.477 e. The number of aliphatic carboxylic acids is 1. The molecule has 0 aliphatic rings. The summed E-state index contributed by atoms with van der Waals surface area (Å²) in [6.45, 7) is 0. The Morgan fingerprint density at radius 2 is 0.789 bits per heavy atom. The van der Waals surface area contributed by atoms with Gasteiger partial charge in [-0.3, -0.25) is 0 Å². The summed E-state index contributed by atoms with van der Waals surface area (Å²) in [6, 6.07) is 67.7. The maximum atomic E-state index is 11.7. The molecule has 0 saturated heterocycles. The van der Waals surface area contributed by atoms with Gasteiger partial charge in [0.15, 0.2) is 0 Å². The minimum Gasteiger partial charge on any atom is -0.477 e. The number of nitriles is 1. The molecule has 0 radical (unpaired) electrons. The van der Waals surface area contributed by atoms with Crippen LogP contribution in [0.1, 0.15) is 5.56 Å². The van der Waals surface area contributed by atoms with Crippen molar-refractivity contribution in [1.82, 2.24) is 9.13 Å². The Bertz CT molecular complexity index is 3140. The summed E-state index contributed by atoms with van der Waals surface area (Å²) < 4.78 is 4.60. The van der Waals surface area contributed by atoms with Crippen LogP contribution in [0.5, 0.6) is 0 Å². The van der Waals surface area contributed by atoms with E-state index in [2.05, 4.69) is 149 Å². The highest BCUT2D eigenvalue weighted by Crippen LogP contribution is 2.39.